The average molecular weight is 306 g/mol. The Bertz CT molecular complexity index is 663. The van der Waals surface area contributed by atoms with Crippen LogP contribution in [0.3, 0.4) is 0 Å². The van der Waals surface area contributed by atoms with Gasteiger partial charge in [0.2, 0.25) is 0 Å². The van der Waals surface area contributed by atoms with E-state index in [1.165, 1.54) is 0 Å². The highest BCUT2D eigenvalue weighted by Gasteiger charge is 2.33. The van der Waals surface area contributed by atoms with Crippen molar-refractivity contribution in [2.45, 2.75) is 32.7 Å². The molecule has 1 aliphatic rings. The minimum atomic E-state index is -0.0500. The van der Waals surface area contributed by atoms with Crippen LogP contribution in [-0.2, 0) is 0 Å². The first-order chi connectivity index (χ1) is 10.0. The number of carbonyl (C=O) groups is 1. The third-order valence-electron chi connectivity index (χ3n) is 3.66. The molecule has 2 aromatic rings. The number of carbonyl (C=O) groups excluding carboxylic acids is 1. The molecule has 1 fully saturated rings. The van der Waals surface area contributed by atoms with Crippen molar-refractivity contribution >= 4 is 17.5 Å². The van der Waals surface area contributed by atoms with Crippen molar-refractivity contribution in [3.63, 3.8) is 0 Å². The first kappa shape index (κ1) is 14.1. The van der Waals surface area contributed by atoms with Gasteiger partial charge < -0.3 is 9.42 Å². The van der Waals surface area contributed by atoms with Gasteiger partial charge in [-0.05, 0) is 38.8 Å². The summed E-state index contributed by atoms with van der Waals surface area (Å²) >= 11 is 5.95. The lowest BCUT2D eigenvalue weighted by Gasteiger charge is -2.22. The molecule has 0 aromatic carbocycles. The number of rotatable bonds is 2. The van der Waals surface area contributed by atoms with Crippen molar-refractivity contribution in [2.75, 3.05) is 6.54 Å². The van der Waals surface area contributed by atoms with Crippen LogP contribution in [-0.4, -0.2) is 27.5 Å². The number of aromatic nitrogens is 2. The molecule has 1 unspecified atom stereocenters. The summed E-state index contributed by atoms with van der Waals surface area (Å²) < 4.78 is 5.33. The summed E-state index contributed by atoms with van der Waals surface area (Å²) in [6.45, 7) is 4.41. The zero-order valence-electron chi connectivity index (χ0n) is 12.0. The van der Waals surface area contributed by atoms with Gasteiger partial charge in [0, 0.05) is 23.9 Å². The Hall–Kier alpha value is -1.88. The molecule has 0 aliphatic carbocycles. The van der Waals surface area contributed by atoms with E-state index in [1.54, 1.807) is 12.1 Å². The molecule has 2 aromatic heterocycles. The van der Waals surface area contributed by atoms with Gasteiger partial charge in [-0.3, -0.25) is 4.79 Å². The number of pyridine rings is 1. The summed E-state index contributed by atoms with van der Waals surface area (Å²) in [5.74, 6) is 0.703. The van der Waals surface area contributed by atoms with Crippen LogP contribution in [0.2, 0.25) is 5.15 Å². The van der Waals surface area contributed by atoms with Crippen molar-refractivity contribution in [3.8, 4) is 0 Å². The second-order valence-electron chi connectivity index (χ2n) is 5.35. The smallest absolute Gasteiger partial charge is 0.254 e. The third kappa shape index (κ3) is 2.78. The number of hydrogen-bond acceptors (Lipinski definition) is 4. The van der Waals surface area contributed by atoms with E-state index in [4.69, 9.17) is 16.1 Å². The number of halogens is 1. The van der Waals surface area contributed by atoms with Crippen LogP contribution in [0.15, 0.2) is 22.7 Å². The summed E-state index contributed by atoms with van der Waals surface area (Å²) in [5.41, 5.74) is 2.12. The Labute approximate surface area is 127 Å². The maximum absolute atomic E-state index is 12.7. The fourth-order valence-corrected chi connectivity index (χ4v) is 3.01. The van der Waals surface area contributed by atoms with E-state index in [1.807, 2.05) is 24.8 Å². The molecule has 0 radical (unpaired) electrons. The van der Waals surface area contributed by atoms with Gasteiger partial charge in [0.15, 0.2) is 5.76 Å². The Balaban J connectivity index is 1.89. The van der Waals surface area contributed by atoms with Gasteiger partial charge in [-0.2, -0.15) is 0 Å². The topological polar surface area (TPSA) is 59.2 Å². The number of aryl methyl sites for hydroxylation is 2. The second kappa shape index (κ2) is 5.48. The monoisotopic (exact) mass is 305 g/mol. The fourth-order valence-electron chi connectivity index (χ4n) is 2.76. The van der Waals surface area contributed by atoms with E-state index in [0.29, 0.717) is 17.3 Å². The van der Waals surface area contributed by atoms with Crippen LogP contribution in [0.5, 0.6) is 0 Å². The maximum Gasteiger partial charge on any atom is 0.254 e. The molecule has 110 valence electrons. The van der Waals surface area contributed by atoms with E-state index in [9.17, 15) is 4.79 Å². The average Bonchev–Trinajstić information content (AvgIpc) is 3.04. The van der Waals surface area contributed by atoms with E-state index < -0.39 is 0 Å². The molecule has 1 atom stereocenters. The maximum atomic E-state index is 12.7. The third-order valence-corrected chi connectivity index (χ3v) is 3.85. The fraction of sp³-hybridized carbons (Fsp3) is 0.400. The van der Waals surface area contributed by atoms with E-state index in [0.717, 1.165) is 30.0 Å². The van der Waals surface area contributed by atoms with E-state index in [2.05, 4.69) is 10.1 Å². The lowest BCUT2D eigenvalue weighted by molar-refractivity contribution is 0.0714. The molecule has 0 N–H and O–H groups in total. The van der Waals surface area contributed by atoms with Crippen molar-refractivity contribution in [3.05, 3.63) is 46.1 Å². The zero-order valence-corrected chi connectivity index (χ0v) is 12.7. The molecule has 3 rings (SSSR count). The minimum absolute atomic E-state index is 0.0426. The van der Waals surface area contributed by atoms with Gasteiger partial charge in [-0.25, -0.2) is 4.98 Å². The van der Waals surface area contributed by atoms with Crippen LogP contribution < -0.4 is 0 Å². The number of hydrogen-bond donors (Lipinski definition) is 0. The SMILES string of the molecule is Cc1cc(C2CCCN2C(=O)c2cc(C)nc(Cl)c2)on1. The molecule has 1 saturated heterocycles. The van der Waals surface area contributed by atoms with Crippen molar-refractivity contribution in [1.82, 2.24) is 15.0 Å². The van der Waals surface area contributed by atoms with Gasteiger partial charge in [-0.15, -0.1) is 0 Å². The predicted octanol–water partition coefficient (Wildman–Crippen LogP) is 3.32. The Morgan fingerprint density at radius 3 is 2.81 bits per heavy atom. The highest BCUT2D eigenvalue weighted by molar-refractivity contribution is 6.29. The molecule has 0 saturated carbocycles. The zero-order chi connectivity index (χ0) is 15.0. The summed E-state index contributed by atoms with van der Waals surface area (Å²) in [4.78, 5) is 18.6. The highest BCUT2D eigenvalue weighted by Crippen LogP contribution is 2.33. The number of nitrogens with zero attached hydrogens (tertiary/aromatic N) is 3. The molecule has 21 heavy (non-hydrogen) atoms. The molecule has 3 heterocycles. The molecule has 5 nitrogen and oxygen atoms in total. The van der Waals surface area contributed by atoms with Crippen LogP contribution >= 0.6 is 11.6 Å². The van der Waals surface area contributed by atoms with Gasteiger partial charge in [0.1, 0.15) is 5.15 Å². The minimum Gasteiger partial charge on any atom is -0.359 e. The van der Waals surface area contributed by atoms with Crippen LogP contribution in [0.4, 0.5) is 0 Å². The largest absolute Gasteiger partial charge is 0.359 e. The van der Waals surface area contributed by atoms with Crippen molar-refractivity contribution in [1.29, 1.82) is 0 Å². The Morgan fingerprint density at radius 2 is 2.14 bits per heavy atom. The molecular formula is C15H16ClN3O2. The van der Waals surface area contributed by atoms with Gasteiger partial charge in [0.05, 0.1) is 11.7 Å². The quantitative estimate of drug-likeness (QED) is 0.799. The molecule has 0 bridgehead atoms. The standard InChI is InChI=1S/C15H16ClN3O2/c1-9-6-11(8-14(16)17-9)15(20)19-5-3-4-12(19)13-7-10(2)18-21-13/h6-8,12H,3-5H2,1-2H3. The normalized spacial score (nSPS) is 18.2. The van der Waals surface area contributed by atoms with E-state index in [-0.39, 0.29) is 11.9 Å². The van der Waals surface area contributed by atoms with E-state index >= 15 is 0 Å². The Kier molecular flexibility index (Phi) is 3.68. The summed E-state index contributed by atoms with van der Waals surface area (Å²) in [6.07, 6.45) is 1.84. The molecule has 1 amide bonds. The van der Waals surface area contributed by atoms with Crippen LogP contribution in [0, 0.1) is 13.8 Å². The molecule has 1 aliphatic heterocycles. The summed E-state index contributed by atoms with van der Waals surface area (Å²) in [7, 11) is 0. The van der Waals surface area contributed by atoms with Gasteiger partial charge in [-0.1, -0.05) is 16.8 Å². The number of likely N-dealkylation sites (tertiary alicyclic amines) is 1. The first-order valence-electron chi connectivity index (χ1n) is 6.93. The van der Waals surface area contributed by atoms with Crippen molar-refractivity contribution in [2.24, 2.45) is 0 Å². The Morgan fingerprint density at radius 1 is 1.33 bits per heavy atom. The predicted molar refractivity (Wildman–Crippen MR) is 78.2 cm³/mol. The molecular weight excluding hydrogens is 290 g/mol. The second-order valence-corrected chi connectivity index (χ2v) is 5.73. The lowest BCUT2D eigenvalue weighted by Crippen LogP contribution is -2.30. The molecule has 6 heteroatoms. The van der Waals surface area contributed by atoms with Gasteiger partial charge >= 0.3 is 0 Å². The summed E-state index contributed by atoms with van der Waals surface area (Å²) in [5, 5.41) is 4.25. The molecule has 0 spiro atoms. The highest BCUT2D eigenvalue weighted by atomic mass is 35.5. The lowest BCUT2D eigenvalue weighted by atomic mass is 10.1. The van der Waals surface area contributed by atoms with Gasteiger partial charge in [0.25, 0.3) is 5.91 Å². The van der Waals surface area contributed by atoms with Crippen molar-refractivity contribution < 1.29 is 9.32 Å². The summed E-state index contributed by atoms with van der Waals surface area (Å²) in [6, 6.07) is 5.21. The first-order valence-corrected chi connectivity index (χ1v) is 7.31. The van der Waals surface area contributed by atoms with Crippen LogP contribution in [0.25, 0.3) is 0 Å². The van der Waals surface area contributed by atoms with Crippen LogP contribution in [0.1, 0.15) is 46.4 Å². The number of amides is 1.